The molecule has 0 spiro atoms. The van der Waals surface area contributed by atoms with Crippen LogP contribution in [0.4, 0.5) is 5.82 Å². The number of fused-ring (bicyclic) bond motifs is 1. The number of aromatic nitrogens is 4. The molecule has 1 unspecified atom stereocenters. The maximum atomic E-state index is 8.81. The molecular formula is C10H11ClN6. The average Bonchev–Trinajstić information content (AvgIpc) is 2.75. The first-order chi connectivity index (χ1) is 8.11. The van der Waals surface area contributed by atoms with Gasteiger partial charge in [0.2, 0.25) is 0 Å². The molecule has 0 aliphatic rings. The Labute approximate surface area is 103 Å². The number of halogens is 1. The smallest absolute Gasteiger partial charge is 0.255 e. The van der Waals surface area contributed by atoms with Crippen LogP contribution in [0.2, 0.25) is 5.15 Å². The summed E-state index contributed by atoms with van der Waals surface area (Å²) in [6, 6.07) is 3.89. The van der Waals surface area contributed by atoms with Crippen molar-refractivity contribution in [2.24, 2.45) is 5.92 Å². The highest BCUT2D eigenvalue weighted by Crippen LogP contribution is 2.18. The monoisotopic (exact) mass is 250 g/mol. The van der Waals surface area contributed by atoms with Crippen molar-refractivity contribution in [2.75, 3.05) is 18.5 Å². The van der Waals surface area contributed by atoms with E-state index in [9.17, 15) is 0 Å². The predicted octanol–water partition coefficient (Wildman–Crippen LogP) is 1.37. The van der Waals surface area contributed by atoms with Crippen molar-refractivity contribution >= 4 is 23.2 Å². The van der Waals surface area contributed by atoms with E-state index in [1.807, 2.05) is 18.9 Å². The summed E-state index contributed by atoms with van der Waals surface area (Å²) in [4.78, 5) is 9.93. The van der Waals surface area contributed by atoms with E-state index in [0.29, 0.717) is 17.5 Å². The summed E-state index contributed by atoms with van der Waals surface area (Å²) < 4.78 is 1.59. The van der Waals surface area contributed by atoms with Gasteiger partial charge in [0.05, 0.1) is 12.0 Å². The minimum atomic E-state index is -0.0782. The Bertz CT molecular complexity index is 572. The number of anilines is 1. The van der Waals surface area contributed by atoms with Gasteiger partial charge in [0.25, 0.3) is 5.78 Å². The van der Waals surface area contributed by atoms with E-state index in [-0.39, 0.29) is 5.92 Å². The van der Waals surface area contributed by atoms with Crippen molar-refractivity contribution in [3.63, 3.8) is 0 Å². The molecule has 0 aliphatic carbocycles. The molecule has 7 heteroatoms. The fourth-order valence-corrected chi connectivity index (χ4v) is 1.76. The van der Waals surface area contributed by atoms with Gasteiger partial charge in [-0.2, -0.15) is 24.8 Å². The molecule has 2 heterocycles. The van der Waals surface area contributed by atoms with Gasteiger partial charge < -0.3 is 4.90 Å². The Hall–Kier alpha value is -1.87. The van der Waals surface area contributed by atoms with Gasteiger partial charge in [-0.1, -0.05) is 11.6 Å². The molecule has 0 saturated heterocycles. The van der Waals surface area contributed by atoms with Crippen LogP contribution in [-0.4, -0.2) is 33.2 Å². The normalized spacial score (nSPS) is 12.4. The van der Waals surface area contributed by atoms with Crippen LogP contribution in [0.25, 0.3) is 5.78 Å². The van der Waals surface area contributed by atoms with Crippen LogP contribution in [0.15, 0.2) is 12.4 Å². The first-order valence-electron chi connectivity index (χ1n) is 5.09. The van der Waals surface area contributed by atoms with Crippen LogP contribution in [0.1, 0.15) is 6.92 Å². The molecule has 0 aliphatic heterocycles. The average molecular weight is 251 g/mol. The summed E-state index contributed by atoms with van der Waals surface area (Å²) in [6.07, 6.45) is 1.42. The van der Waals surface area contributed by atoms with Crippen molar-refractivity contribution in [3.05, 3.63) is 17.5 Å². The fraction of sp³-hybridized carbons (Fsp3) is 0.400. The molecule has 88 valence electrons. The Morgan fingerprint density at radius 2 is 2.41 bits per heavy atom. The molecule has 0 amide bonds. The van der Waals surface area contributed by atoms with Crippen molar-refractivity contribution in [1.29, 1.82) is 5.26 Å². The molecule has 0 N–H and O–H groups in total. The van der Waals surface area contributed by atoms with Crippen molar-refractivity contribution in [2.45, 2.75) is 6.92 Å². The van der Waals surface area contributed by atoms with E-state index >= 15 is 0 Å². The van der Waals surface area contributed by atoms with Gasteiger partial charge in [-0.15, -0.1) is 0 Å². The van der Waals surface area contributed by atoms with Gasteiger partial charge in [0.1, 0.15) is 17.3 Å². The van der Waals surface area contributed by atoms with Crippen LogP contribution in [0.5, 0.6) is 0 Å². The SMILES string of the molecule is CC(C#N)CN(C)c1cc(Cl)nc2ncnn12. The predicted molar refractivity (Wildman–Crippen MR) is 63.8 cm³/mol. The Kier molecular flexibility index (Phi) is 3.11. The lowest BCUT2D eigenvalue weighted by Crippen LogP contribution is -2.25. The van der Waals surface area contributed by atoms with Gasteiger partial charge in [-0.25, -0.2) is 0 Å². The third kappa shape index (κ3) is 2.29. The minimum absolute atomic E-state index is 0.0782. The maximum Gasteiger partial charge on any atom is 0.255 e. The number of rotatable bonds is 3. The molecule has 6 nitrogen and oxygen atoms in total. The molecule has 0 aromatic carbocycles. The number of hydrogen-bond donors (Lipinski definition) is 0. The Morgan fingerprint density at radius 1 is 1.65 bits per heavy atom. The second-order valence-corrected chi connectivity index (χ2v) is 4.21. The van der Waals surface area contributed by atoms with Crippen molar-refractivity contribution < 1.29 is 0 Å². The van der Waals surface area contributed by atoms with E-state index in [1.54, 1.807) is 10.6 Å². The summed E-state index contributed by atoms with van der Waals surface area (Å²) in [5, 5.41) is 13.2. The van der Waals surface area contributed by atoms with E-state index in [0.717, 1.165) is 5.82 Å². The van der Waals surface area contributed by atoms with E-state index in [2.05, 4.69) is 21.1 Å². The Balaban J connectivity index is 2.40. The van der Waals surface area contributed by atoms with E-state index in [1.165, 1.54) is 6.33 Å². The highest BCUT2D eigenvalue weighted by atomic mass is 35.5. The number of nitrogens with zero attached hydrogens (tertiary/aromatic N) is 6. The minimum Gasteiger partial charge on any atom is -0.358 e. The molecule has 0 bridgehead atoms. The summed E-state index contributed by atoms with van der Waals surface area (Å²) >= 11 is 5.91. The molecular weight excluding hydrogens is 240 g/mol. The van der Waals surface area contributed by atoms with Gasteiger partial charge in [0.15, 0.2) is 0 Å². The topological polar surface area (TPSA) is 70.1 Å². The molecule has 2 rings (SSSR count). The lowest BCUT2D eigenvalue weighted by molar-refractivity contribution is 0.699. The van der Waals surface area contributed by atoms with Gasteiger partial charge in [-0.3, -0.25) is 0 Å². The third-order valence-corrected chi connectivity index (χ3v) is 2.55. The standard InChI is InChI=1S/C10H11ClN6/c1-7(4-12)5-16(2)9-3-8(11)15-10-13-6-14-17(9)10/h3,6-7H,5H2,1-2H3. The summed E-state index contributed by atoms with van der Waals surface area (Å²) in [5.74, 6) is 1.13. The summed E-state index contributed by atoms with van der Waals surface area (Å²) in [5.41, 5.74) is 0. The van der Waals surface area contributed by atoms with Crippen molar-refractivity contribution in [3.8, 4) is 6.07 Å². The largest absolute Gasteiger partial charge is 0.358 e. The van der Waals surface area contributed by atoms with Crippen LogP contribution in [-0.2, 0) is 0 Å². The summed E-state index contributed by atoms with van der Waals surface area (Å²) in [7, 11) is 1.88. The quantitative estimate of drug-likeness (QED) is 0.770. The second-order valence-electron chi connectivity index (χ2n) is 3.82. The second kappa shape index (κ2) is 4.55. The number of nitriles is 1. The van der Waals surface area contributed by atoms with Gasteiger partial charge >= 0.3 is 0 Å². The third-order valence-electron chi connectivity index (χ3n) is 2.36. The first kappa shape index (κ1) is 11.6. The highest BCUT2D eigenvalue weighted by molar-refractivity contribution is 6.29. The van der Waals surface area contributed by atoms with Crippen molar-refractivity contribution in [1.82, 2.24) is 19.6 Å². The Morgan fingerprint density at radius 3 is 3.12 bits per heavy atom. The summed E-state index contributed by atoms with van der Waals surface area (Å²) in [6.45, 7) is 2.45. The molecule has 2 aromatic rings. The van der Waals surface area contributed by atoms with E-state index in [4.69, 9.17) is 16.9 Å². The van der Waals surface area contributed by atoms with Crippen LogP contribution < -0.4 is 4.90 Å². The fourth-order valence-electron chi connectivity index (χ4n) is 1.59. The molecule has 0 radical (unpaired) electrons. The molecule has 2 aromatic heterocycles. The van der Waals surface area contributed by atoms with Crippen LogP contribution in [0.3, 0.4) is 0 Å². The molecule has 0 saturated carbocycles. The van der Waals surface area contributed by atoms with Crippen LogP contribution >= 0.6 is 11.6 Å². The van der Waals surface area contributed by atoms with Crippen LogP contribution in [0, 0.1) is 17.2 Å². The molecule has 1 atom stereocenters. The maximum absolute atomic E-state index is 8.81. The zero-order valence-corrected chi connectivity index (χ0v) is 10.3. The van der Waals surface area contributed by atoms with Gasteiger partial charge in [0, 0.05) is 19.7 Å². The van der Waals surface area contributed by atoms with Gasteiger partial charge in [-0.05, 0) is 6.92 Å². The zero-order valence-electron chi connectivity index (χ0n) is 9.50. The highest BCUT2D eigenvalue weighted by Gasteiger charge is 2.12. The number of hydrogen-bond acceptors (Lipinski definition) is 5. The first-order valence-corrected chi connectivity index (χ1v) is 5.46. The molecule has 0 fully saturated rings. The molecule has 17 heavy (non-hydrogen) atoms. The lowest BCUT2D eigenvalue weighted by atomic mass is 10.2. The van der Waals surface area contributed by atoms with E-state index < -0.39 is 0 Å². The zero-order chi connectivity index (χ0) is 12.4. The lowest BCUT2D eigenvalue weighted by Gasteiger charge is -2.20.